The Morgan fingerprint density at radius 3 is 2.21 bits per heavy atom. The third kappa shape index (κ3) is 2.62. The van der Waals surface area contributed by atoms with Crippen molar-refractivity contribution in [3.8, 4) is 0 Å². The first-order chi connectivity index (χ1) is 9.04. The molecule has 1 aliphatic heterocycles. The smallest absolute Gasteiger partial charge is 0.259 e. The lowest BCUT2D eigenvalue weighted by atomic mass is 10.1. The molecular weight excluding hydrogens is 246 g/mol. The minimum Gasteiger partial charge on any atom is -0.361 e. The Morgan fingerprint density at radius 2 is 1.74 bits per heavy atom. The van der Waals surface area contributed by atoms with Crippen molar-refractivity contribution in [2.45, 2.75) is 27.2 Å². The number of amides is 2. The molecule has 1 aromatic rings. The number of piperazine rings is 1. The highest BCUT2D eigenvalue weighted by Gasteiger charge is 2.27. The second kappa shape index (κ2) is 5.42. The number of aryl methyl sites for hydroxylation is 2. The molecule has 0 aliphatic carbocycles. The molecule has 0 radical (unpaired) electrons. The van der Waals surface area contributed by atoms with E-state index in [1.54, 1.807) is 23.6 Å². The van der Waals surface area contributed by atoms with Gasteiger partial charge in [-0.3, -0.25) is 9.59 Å². The zero-order valence-electron chi connectivity index (χ0n) is 11.6. The number of carbonyl (C=O) groups excluding carboxylic acids is 2. The maximum Gasteiger partial charge on any atom is 0.259 e. The summed E-state index contributed by atoms with van der Waals surface area (Å²) in [6.07, 6.45) is 0.512. The predicted octanol–water partition coefficient (Wildman–Crippen LogP) is 0.986. The van der Waals surface area contributed by atoms with Crippen LogP contribution in [0.25, 0.3) is 0 Å². The van der Waals surface area contributed by atoms with Gasteiger partial charge in [0.25, 0.3) is 5.91 Å². The SMILES string of the molecule is CCC(=O)N1CCN(C(=O)c2c(C)noc2C)CC1. The predicted molar refractivity (Wildman–Crippen MR) is 68.8 cm³/mol. The highest BCUT2D eigenvalue weighted by atomic mass is 16.5. The van der Waals surface area contributed by atoms with Crippen LogP contribution in [-0.2, 0) is 4.79 Å². The van der Waals surface area contributed by atoms with Crippen LogP contribution in [0.3, 0.4) is 0 Å². The fourth-order valence-electron chi connectivity index (χ4n) is 2.33. The van der Waals surface area contributed by atoms with Crippen LogP contribution in [0.1, 0.15) is 35.2 Å². The number of nitrogens with zero attached hydrogens (tertiary/aromatic N) is 3. The van der Waals surface area contributed by atoms with E-state index in [0.29, 0.717) is 49.6 Å². The molecule has 0 aromatic carbocycles. The first kappa shape index (κ1) is 13.6. The summed E-state index contributed by atoms with van der Waals surface area (Å²) in [5.41, 5.74) is 1.17. The van der Waals surface area contributed by atoms with E-state index in [1.165, 1.54) is 0 Å². The summed E-state index contributed by atoms with van der Waals surface area (Å²) in [5, 5.41) is 3.80. The third-order valence-corrected chi connectivity index (χ3v) is 3.47. The Hall–Kier alpha value is -1.85. The van der Waals surface area contributed by atoms with E-state index >= 15 is 0 Å². The van der Waals surface area contributed by atoms with Crippen molar-refractivity contribution in [3.63, 3.8) is 0 Å². The van der Waals surface area contributed by atoms with Crippen molar-refractivity contribution in [1.29, 1.82) is 0 Å². The molecule has 0 atom stereocenters. The molecule has 2 rings (SSSR count). The summed E-state index contributed by atoms with van der Waals surface area (Å²) in [4.78, 5) is 27.5. The highest BCUT2D eigenvalue weighted by Crippen LogP contribution is 2.16. The average Bonchev–Trinajstić information content (AvgIpc) is 2.77. The van der Waals surface area contributed by atoms with Crippen molar-refractivity contribution in [1.82, 2.24) is 15.0 Å². The second-order valence-corrected chi connectivity index (χ2v) is 4.73. The normalized spacial score (nSPS) is 15.7. The van der Waals surface area contributed by atoms with Gasteiger partial charge >= 0.3 is 0 Å². The van der Waals surface area contributed by atoms with Gasteiger partial charge in [0.2, 0.25) is 5.91 Å². The maximum absolute atomic E-state index is 12.4. The van der Waals surface area contributed by atoms with Crippen LogP contribution in [-0.4, -0.2) is 52.9 Å². The molecule has 1 fully saturated rings. The Balaban J connectivity index is 2.02. The number of hydrogen-bond acceptors (Lipinski definition) is 4. The number of aromatic nitrogens is 1. The fourth-order valence-corrected chi connectivity index (χ4v) is 2.33. The molecule has 1 aromatic heterocycles. The molecule has 0 N–H and O–H groups in total. The first-order valence-corrected chi connectivity index (χ1v) is 6.54. The van der Waals surface area contributed by atoms with E-state index in [1.807, 2.05) is 6.92 Å². The molecule has 2 amide bonds. The second-order valence-electron chi connectivity index (χ2n) is 4.73. The van der Waals surface area contributed by atoms with Crippen molar-refractivity contribution < 1.29 is 14.1 Å². The van der Waals surface area contributed by atoms with Crippen LogP contribution >= 0.6 is 0 Å². The van der Waals surface area contributed by atoms with Gasteiger partial charge in [-0.15, -0.1) is 0 Å². The Morgan fingerprint density at radius 1 is 1.16 bits per heavy atom. The quantitative estimate of drug-likeness (QED) is 0.799. The van der Waals surface area contributed by atoms with Crippen molar-refractivity contribution in [2.75, 3.05) is 26.2 Å². The van der Waals surface area contributed by atoms with Gasteiger partial charge in [-0.05, 0) is 13.8 Å². The molecule has 0 saturated carbocycles. The van der Waals surface area contributed by atoms with E-state index in [2.05, 4.69) is 5.16 Å². The van der Waals surface area contributed by atoms with Gasteiger partial charge in [0.05, 0.1) is 5.69 Å². The first-order valence-electron chi connectivity index (χ1n) is 6.54. The molecule has 0 unspecified atom stereocenters. The van der Waals surface area contributed by atoms with Crippen LogP contribution in [0.4, 0.5) is 0 Å². The van der Waals surface area contributed by atoms with Crippen LogP contribution in [0.15, 0.2) is 4.52 Å². The molecule has 0 spiro atoms. The van der Waals surface area contributed by atoms with Gasteiger partial charge in [0.1, 0.15) is 11.3 Å². The molecule has 6 heteroatoms. The van der Waals surface area contributed by atoms with Crippen molar-refractivity contribution in [3.05, 3.63) is 17.0 Å². The molecule has 19 heavy (non-hydrogen) atoms. The summed E-state index contributed by atoms with van der Waals surface area (Å²) in [6, 6.07) is 0. The summed E-state index contributed by atoms with van der Waals surface area (Å²) in [7, 11) is 0. The van der Waals surface area contributed by atoms with Crippen LogP contribution < -0.4 is 0 Å². The highest BCUT2D eigenvalue weighted by molar-refractivity contribution is 5.96. The molecule has 1 saturated heterocycles. The van der Waals surface area contributed by atoms with Gasteiger partial charge in [0, 0.05) is 32.6 Å². The zero-order chi connectivity index (χ0) is 14.0. The lowest BCUT2D eigenvalue weighted by Crippen LogP contribution is -2.50. The average molecular weight is 265 g/mol. The number of hydrogen-bond donors (Lipinski definition) is 0. The minimum atomic E-state index is -0.0557. The molecule has 1 aliphatic rings. The van der Waals surface area contributed by atoms with E-state index in [4.69, 9.17) is 4.52 Å². The van der Waals surface area contributed by atoms with Gasteiger partial charge in [-0.25, -0.2) is 0 Å². The Kier molecular flexibility index (Phi) is 3.87. The Bertz CT molecular complexity index is 468. The van der Waals surface area contributed by atoms with E-state index < -0.39 is 0 Å². The van der Waals surface area contributed by atoms with Crippen LogP contribution in [0.2, 0.25) is 0 Å². The molecule has 6 nitrogen and oxygen atoms in total. The molecule has 0 bridgehead atoms. The maximum atomic E-state index is 12.4. The molecule has 104 valence electrons. The summed E-state index contributed by atoms with van der Waals surface area (Å²) in [5.74, 6) is 0.638. The standard InChI is InChI=1S/C13H19N3O3/c1-4-11(17)15-5-7-16(8-6-15)13(18)12-9(2)14-19-10(12)3/h4-8H2,1-3H3. The summed E-state index contributed by atoms with van der Waals surface area (Å²) < 4.78 is 5.02. The van der Waals surface area contributed by atoms with Gasteiger partial charge < -0.3 is 14.3 Å². The minimum absolute atomic E-state index is 0.0557. The Labute approximate surface area is 112 Å². The van der Waals surface area contributed by atoms with E-state index in [-0.39, 0.29) is 11.8 Å². The molecular formula is C13H19N3O3. The van der Waals surface area contributed by atoms with E-state index in [9.17, 15) is 9.59 Å². The van der Waals surface area contributed by atoms with Crippen LogP contribution in [0.5, 0.6) is 0 Å². The van der Waals surface area contributed by atoms with Crippen LogP contribution in [0, 0.1) is 13.8 Å². The lowest BCUT2D eigenvalue weighted by molar-refractivity contribution is -0.132. The topological polar surface area (TPSA) is 66.7 Å². The number of carbonyl (C=O) groups is 2. The van der Waals surface area contributed by atoms with Gasteiger partial charge in [-0.2, -0.15) is 0 Å². The van der Waals surface area contributed by atoms with Crippen molar-refractivity contribution >= 4 is 11.8 Å². The number of rotatable bonds is 2. The molecule has 2 heterocycles. The van der Waals surface area contributed by atoms with Gasteiger partial charge in [-0.1, -0.05) is 12.1 Å². The monoisotopic (exact) mass is 265 g/mol. The summed E-state index contributed by atoms with van der Waals surface area (Å²) >= 11 is 0. The van der Waals surface area contributed by atoms with Gasteiger partial charge in [0.15, 0.2) is 0 Å². The summed E-state index contributed by atoms with van der Waals surface area (Å²) in [6.45, 7) is 7.68. The zero-order valence-corrected chi connectivity index (χ0v) is 11.6. The lowest BCUT2D eigenvalue weighted by Gasteiger charge is -2.34. The van der Waals surface area contributed by atoms with Crippen molar-refractivity contribution in [2.24, 2.45) is 0 Å². The third-order valence-electron chi connectivity index (χ3n) is 3.47. The fraction of sp³-hybridized carbons (Fsp3) is 0.615. The largest absolute Gasteiger partial charge is 0.361 e. The van der Waals surface area contributed by atoms with E-state index in [0.717, 1.165) is 0 Å².